The van der Waals surface area contributed by atoms with Crippen LogP contribution in [0, 0.1) is 0 Å². The van der Waals surface area contributed by atoms with Crippen molar-refractivity contribution in [2.24, 2.45) is 0 Å². The third kappa shape index (κ3) is 3.88. The van der Waals surface area contributed by atoms with Gasteiger partial charge in [0.2, 0.25) is 0 Å². The molecule has 2 aromatic heterocycles. The second kappa shape index (κ2) is 8.73. The monoisotopic (exact) mass is 473 g/mol. The Kier molecular flexibility index (Phi) is 5.62. The van der Waals surface area contributed by atoms with Gasteiger partial charge >= 0.3 is 0 Å². The summed E-state index contributed by atoms with van der Waals surface area (Å²) in [7, 11) is 1.61. The Morgan fingerprint density at radius 2 is 2.03 bits per heavy atom. The van der Waals surface area contributed by atoms with Gasteiger partial charge in [-0.15, -0.1) is 6.58 Å². The van der Waals surface area contributed by atoms with Crippen molar-refractivity contribution < 1.29 is 13.9 Å². The molecular weight excluding hydrogens is 454 g/mol. The number of nitrogens with zero attached hydrogens (tertiary/aromatic N) is 3. The molecule has 1 aliphatic rings. The zero-order valence-corrected chi connectivity index (χ0v) is 19.4. The molecule has 6 nitrogen and oxygen atoms in total. The summed E-state index contributed by atoms with van der Waals surface area (Å²) >= 11 is 6.65. The molecule has 1 saturated heterocycles. The number of furan rings is 1. The van der Waals surface area contributed by atoms with Crippen LogP contribution in [0.1, 0.15) is 5.56 Å². The molecule has 4 aromatic rings. The molecule has 33 heavy (non-hydrogen) atoms. The number of hydrogen-bond donors (Lipinski definition) is 0. The molecule has 5 rings (SSSR count). The van der Waals surface area contributed by atoms with Crippen LogP contribution in [-0.4, -0.2) is 38.6 Å². The van der Waals surface area contributed by atoms with E-state index in [9.17, 15) is 4.79 Å². The van der Waals surface area contributed by atoms with E-state index in [0.29, 0.717) is 38.6 Å². The number of benzene rings is 2. The fourth-order valence-electron chi connectivity index (χ4n) is 3.64. The lowest BCUT2D eigenvalue weighted by molar-refractivity contribution is -0.121. The zero-order chi connectivity index (χ0) is 22.9. The normalized spacial score (nSPS) is 15.1. The molecule has 164 valence electrons. The highest BCUT2D eigenvalue weighted by Gasteiger charge is 2.31. The first kappa shape index (κ1) is 21.2. The number of carbonyl (C=O) groups excluding carboxylic acids is 1. The maximum Gasteiger partial charge on any atom is 0.266 e. The summed E-state index contributed by atoms with van der Waals surface area (Å²) in [5.74, 6) is 1.08. The molecule has 0 bridgehead atoms. The van der Waals surface area contributed by atoms with Gasteiger partial charge in [-0.3, -0.25) is 9.69 Å². The van der Waals surface area contributed by atoms with Crippen LogP contribution in [0.3, 0.4) is 0 Å². The number of ether oxygens (including phenoxy) is 1. The Morgan fingerprint density at radius 1 is 1.21 bits per heavy atom. The zero-order valence-electron chi connectivity index (χ0n) is 17.7. The van der Waals surface area contributed by atoms with Crippen LogP contribution in [0.2, 0.25) is 0 Å². The molecule has 0 N–H and O–H groups in total. The minimum absolute atomic E-state index is 0.144. The molecule has 1 fully saturated rings. The number of thioether (sulfide) groups is 1. The van der Waals surface area contributed by atoms with Crippen LogP contribution in [0.5, 0.6) is 5.75 Å². The summed E-state index contributed by atoms with van der Waals surface area (Å²) in [6, 6.07) is 17.4. The minimum Gasteiger partial charge on any atom is -0.493 e. The second-order valence-corrected chi connectivity index (χ2v) is 8.96. The van der Waals surface area contributed by atoms with Crippen LogP contribution in [0.15, 0.2) is 82.8 Å². The first-order valence-corrected chi connectivity index (χ1v) is 11.4. The lowest BCUT2D eigenvalue weighted by atomic mass is 10.1. The van der Waals surface area contributed by atoms with Crippen molar-refractivity contribution in [3.63, 3.8) is 0 Å². The van der Waals surface area contributed by atoms with E-state index in [2.05, 4.69) is 6.58 Å². The molecule has 0 unspecified atom stereocenters. The van der Waals surface area contributed by atoms with Crippen molar-refractivity contribution in [3.8, 4) is 22.9 Å². The third-order valence-corrected chi connectivity index (χ3v) is 6.57. The van der Waals surface area contributed by atoms with Gasteiger partial charge < -0.3 is 9.15 Å². The predicted molar refractivity (Wildman–Crippen MR) is 135 cm³/mol. The molecule has 3 heterocycles. The van der Waals surface area contributed by atoms with Gasteiger partial charge in [0.25, 0.3) is 5.91 Å². The number of amides is 1. The molecule has 0 atom stereocenters. The summed E-state index contributed by atoms with van der Waals surface area (Å²) in [6.45, 7) is 4.09. The van der Waals surface area contributed by atoms with Gasteiger partial charge in [-0.1, -0.05) is 60.4 Å². The van der Waals surface area contributed by atoms with Crippen molar-refractivity contribution in [2.45, 2.75) is 0 Å². The van der Waals surface area contributed by atoms with E-state index >= 15 is 0 Å². The number of rotatable bonds is 6. The van der Waals surface area contributed by atoms with E-state index in [1.807, 2.05) is 66.9 Å². The summed E-state index contributed by atoms with van der Waals surface area (Å²) < 4.78 is 13.9. The number of fused-ring (bicyclic) bond motifs is 1. The van der Waals surface area contributed by atoms with E-state index < -0.39 is 0 Å². The van der Waals surface area contributed by atoms with Crippen molar-refractivity contribution in [3.05, 3.63) is 83.9 Å². The van der Waals surface area contributed by atoms with Crippen LogP contribution >= 0.6 is 24.0 Å². The average Bonchev–Trinajstić information content (AvgIpc) is 3.52. The maximum atomic E-state index is 12.9. The predicted octanol–water partition coefficient (Wildman–Crippen LogP) is 5.68. The quantitative estimate of drug-likeness (QED) is 0.204. The number of methoxy groups -OCH3 is 1. The van der Waals surface area contributed by atoms with E-state index in [4.69, 9.17) is 26.5 Å². The molecule has 2 aromatic carbocycles. The molecule has 0 radical (unpaired) electrons. The Labute approximate surface area is 200 Å². The molecule has 0 spiro atoms. The number of para-hydroxylation sites is 2. The summed E-state index contributed by atoms with van der Waals surface area (Å²) in [5.41, 5.74) is 2.90. The smallest absolute Gasteiger partial charge is 0.266 e. The van der Waals surface area contributed by atoms with Gasteiger partial charge in [0.05, 0.1) is 17.7 Å². The Morgan fingerprint density at radius 3 is 2.79 bits per heavy atom. The summed E-state index contributed by atoms with van der Waals surface area (Å²) in [5, 5.41) is 5.70. The molecule has 0 aliphatic carbocycles. The fourth-order valence-corrected chi connectivity index (χ4v) is 4.90. The first-order chi connectivity index (χ1) is 16.1. The standard InChI is InChI=1S/C25H19N3O3S2/c1-3-12-27-24(29)21(33-25(27)32)14-17-15-28(18-9-5-4-6-10-18)26-22(17)20-13-16-8-7-11-19(30-2)23(16)31-20/h3-11,13-15H,1,12H2,2H3/b21-14-. The van der Waals surface area contributed by atoms with Gasteiger partial charge in [0.15, 0.2) is 17.1 Å². The summed E-state index contributed by atoms with van der Waals surface area (Å²) in [6.07, 6.45) is 5.36. The Bertz CT molecular complexity index is 1420. The highest BCUT2D eigenvalue weighted by molar-refractivity contribution is 8.26. The number of hydrogen-bond acceptors (Lipinski definition) is 6. The molecule has 1 amide bonds. The third-order valence-electron chi connectivity index (χ3n) is 5.20. The van der Waals surface area contributed by atoms with Crippen LogP contribution < -0.4 is 4.74 Å². The van der Waals surface area contributed by atoms with Crippen LogP contribution in [-0.2, 0) is 4.79 Å². The van der Waals surface area contributed by atoms with E-state index in [1.54, 1.807) is 17.9 Å². The second-order valence-electron chi connectivity index (χ2n) is 7.28. The Hall–Kier alpha value is -3.62. The van der Waals surface area contributed by atoms with Crippen molar-refractivity contribution in [1.82, 2.24) is 14.7 Å². The largest absolute Gasteiger partial charge is 0.493 e. The number of carbonyl (C=O) groups is 1. The molecule has 8 heteroatoms. The number of thiocarbonyl (C=S) groups is 1. The average molecular weight is 474 g/mol. The van der Waals surface area contributed by atoms with Gasteiger partial charge in [0.1, 0.15) is 10.0 Å². The maximum absolute atomic E-state index is 12.9. The van der Waals surface area contributed by atoms with Gasteiger partial charge in [-0.05, 0) is 30.3 Å². The van der Waals surface area contributed by atoms with E-state index in [0.717, 1.165) is 16.6 Å². The van der Waals surface area contributed by atoms with Crippen molar-refractivity contribution >= 4 is 51.3 Å². The molecule has 1 aliphatic heterocycles. The van der Waals surface area contributed by atoms with Crippen molar-refractivity contribution in [2.75, 3.05) is 13.7 Å². The molecule has 0 saturated carbocycles. The highest BCUT2D eigenvalue weighted by atomic mass is 32.2. The highest BCUT2D eigenvalue weighted by Crippen LogP contribution is 2.37. The lowest BCUT2D eigenvalue weighted by Gasteiger charge is -2.10. The minimum atomic E-state index is -0.144. The topological polar surface area (TPSA) is 60.5 Å². The number of aromatic nitrogens is 2. The van der Waals surface area contributed by atoms with E-state index in [-0.39, 0.29) is 5.91 Å². The van der Waals surface area contributed by atoms with Gasteiger partial charge in [-0.2, -0.15) is 5.10 Å². The van der Waals surface area contributed by atoms with Crippen LogP contribution in [0.25, 0.3) is 34.2 Å². The van der Waals surface area contributed by atoms with Crippen molar-refractivity contribution in [1.29, 1.82) is 0 Å². The fraction of sp³-hybridized carbons (Fsp3) is 0.0800. The van der Waals surface area contributed by atoms with Crippen LogP contribution in [0.4, 0.5) is 0 Å². The SMILES string of the molecule is C=CCN1C(=O)/C(=C/c2cn(-c3ccccc3)nc2-c2cc3cccc(OC)c3o2)SC1=S. The summed E-state index contributed by atoms with van der Waals surface area (Å²) in [4.78, 5) is 15.0. The van der Waals surface area contributed by atoms with Gasteiger partial charge in [-0.25, -0.2) is 4.68 Å². The molecular formula is C25H19N3O3S2. The van der Waals surface area contributed by atoms with E-state index in [1.165, 1.54) is 16.7 Å². The Balaban J connectivity index is 1.65. The van der Waals surface area contributed by atoms with Gasteiger partial charge in [0, 0.05) is 23.7 Å². The first-order valence-electron chi connectivity index (χ1n) is 10.2. The lowest BCUT2D eigenvalue weighted by Crippen LogP contribution is -2.27.